The summed E-state index contributed by atoms with van der Waals surface area (Å²) in [5.74, 6) is 0.607. The van der Waals surface area contributed by atoms with Gasteiger partial charge in [0.2, 0.25) is 0 Å². The SMILES string of the molecule is CCCCC(CC)COP(=O)([O-])OCC(CC)CCCC.CCCCCCCCC[CH2][Nd+]. The van der Waals surface area contributed by atoms with Crippen molar-refractivity contribution in [2.45, 2.75) is 139 Å². The van der Waals surface area contributed by atoms with E-state index in [0.29, 0.717) is 11.8 Å². The van der Waals surface area contributed by atoms with Crippen LogP contribution in [0.4, 0.5) is 0 Å². The van der Waals surface area contributed by atoms with Crippen LogP contribution < -0.4 is 4.89 Å². The predicted octanol–water partition coefficient (Wildman–Crippen LogP) is 9.02. The van der Waals surface area contributed by atoms with Crippen LogP contribution in [-0.2, 0) is 13.6 Å². The molecule has 0 amide bonds. The average Bonchev–Trinajstić information content (AvgIpc) is 2.79. The molecule has 0 aliphatic rings. The third kappa shape index (κ3) is 26.1. The van der Waals surface area contributed by atoms with Crippen molar-refractivity contribution in [3.8, 4) is 0 Å². The Morgan fingerprint density at radius 2 is 1.03 bits per heavy atom. The fourth-order valence-corrected chi connectivity index (χ4v) is 5.15. The van der Waals surface area contributed by atoms with Gasteiger partial charge in [-0.25, -0.2) is 0 Å². The van der Waals surface area contributed by atoms with Gasteiger partial charge in [-0.1, -0.05) is 66.2 Å². The topological polar surface area (TPSA) is 58.6 Å². The molecule has 32 heavy (non-hydrogen) atoms. The first-order valence-electron chi connectivity index (χ1n) is 13.6. The van der Waals surface area contributed by atoms with Gasteiger partial charge in [-0.3, -0.25) is 4.57 Å². The van der Waals surface area contributed by atoms with Gasteiger partial charge in [-0.2, -0.15) is 0 Å². The molecular weight excluding hydrogens is 551 g/mol. The van der Waals surface area contributed by atoms with Crippen LogP contribution in [0.1, 0.15) is 137 Å². The van der Waals surface area contributed by atoms with E-state index in [1.165, 1.54) is 92.2 Å². The molecule has 0 aromatic heterocycles. The van der Waals surface area contributed by atoms with Gasteiger partial charge in [-0.05, 0) is 24.7 Å². The maximum absolute atomic E-state index is 11.8. The second kappa shape index (κ2) is 27.1. The molecule has 0 aromatic carbocycles. The Hall–Kier alpha value is 1.46. The zero-order chi connectivity index (χ0) is 24.5. The van der Waals surface area contributed by atoms with Crippen LogP contribution in [0.5, 0.6) is 0 Å². The molecule has 0 aliphatic carbocycles. The molecule has 192 valence electrons. The van der Waals surface area contributed by atoms with Crippen LogP contribution in [0, 0.1) is 50.6 Å². The summed E-state index contributed by atoms with van der Waals surface area (Å²) in [6.45, 7) is 11.2. The quantitative estimate of drug-likeness (QED) is 0.0911. The summed E-state index contributed by atoms with van der Waals surface area (Å²) >= 11 is 1.41. The van der Waals surface area contributed by atoms with Crippen molar-refractivity contribution < 1.29 is 57.3 Å². The molecule has 0 spiro atoms. The van der Waals surface area contributed by atoms with Gasteiger partial charge in [0.25, 0.3) is 7.82 Å². The average molecular weight is 607 g/mol. The Morgan fingerprint density at radius 3 is 1.38 bits per heavy atom. The number of hydrogen-bond donors (Lipinski definition) is 0. The molecule has 2 atom stereocenters. The Bertz CT molecular complexity index is 377. The second-order valence-electron chi connectivity index (χ2n) is 9.10. The number of phosphoric ester groups is 1. The van der Waals surface area contributed by atoms with Crippen molar-refractivity contribution in [2.75, 3.05) is 13.2 Å². The fourth-order valence-electron chi connectivity index (χ4n) is 3.49. The molecule has 0 heterocycles. The van der Waals surface area contributed by atoms with E-state index in [9.17, 15) is 9.46 Å². The van der Waals surface area contributed by atoms with Gasteiger partial charge in [0.15, 0.2) is 0 Å². The van der Waals surface area contributed by atoms with Gasteiger partial charge < -0.3 is 13.9 Å². The van der Waals surface area contributed by atoms with Crippen molar-refractivity contribution in [3.63, 3.8) is 0 Å². The van der Waals surface area contributed by atoms with Crippen LogP contribution in [0.25, 0.3) is 0 Å². The van der Waals surface area contributed by atoms with E-state index >= 15 is 0 Å². The third-order valence-electron chi connectivity index (χ3n) is 6.05. The van der Waals surface area contributed by atoms with Gasteiger partial charge in [0, 0.05) is 0 Å². The number of phosphoric acid groups is 1. The number of unbranched alkanes of at least 4 members (excludes halogenated alkanes) is 9. The summed E-state index contributed by atoms with van der Waals surface area (Å²) in [4.78, 5) is 11.8. The summed E-state index contributed by atoms with van der Waals surface area (Å²) < 4.78 is 23.4. The first-order chi connectivity index (χ1) is 15.4. The van der Waals surface area contributed by atoms with Crippen LogP contribution in [0.3, 0.4) is 0 Å². The Balaban J connectivity index is 0. The van der Waals surface area contributed by atoms with E-state index in [0.717, 1.165) is 51.4 Å². The molecule has 0 bridgehead atoms. The Morgan fingerprint density at radius 1 is 0.656 bits per heavy atom. The van der Waals surface area contributed by atoms with E-state index in [-0.39, 0.29) is 13.2 Å². The number of hydrogen-bond acceptors (Lipinski definition) is 4. The molecule has 0 aliphatic heterocycles. The third-order valence-corrected chi connectivity index (χ3v) is 8.12. The van der Waals surface area contributed by atoms with Gasteiger partial charge >= 0.3 is 99.1 Å². The molecule has 0 aromatic rings. The zero-order valence-electron chi connectivity index (χ0n) is 22.2. The van der Waals surface area contributed by atoms with Crippen molar-refractivity contribution in [1.29, 1.82) is 0 Å². The molecular formula is C26H55NdO4P. The second-order valence-corrected chi connectivity index (χ2v) is 12.1. The van der Waals surface area contributed by atoms with E-state index in [1.807, 2.05) is 0 Å². The zero-order valence-corrected chi connectivity index (χ0v) is 26.3. The minimum absolute atomic E-state index is 0.253. The first-order valence-corrected chi connectivity index (χ1v) is 17.4. The molecule has 0 radical (unpaired) electrons. The molecule has 0 fully saturated rings. The van der Waals surface area contributed by atoms with Crippen LogP contribution >= 0.6 is 7.82 Å². The van der Waals surface area contributed by atoms with Crippen molar-refractivity contribution in [1.82, 2.24) is 0 Å². The summed E-state index contributed by atoms with van der Waals surface area (Å²) in [6, 6.07) is 0. The van der Waals surface area contributed by atoms with E-state index in [4.69, 9.17) is 9.05 Å². The standard InChI is InChI=1S/C16H35O4P.C10H21.Nd/c1-5-9-11-15(7-3)13-19-21(17,18)20-14-16(8-4)12-10-6-2;1-3-5-7-9-10-8-6-4-2;/h15-16H,5-14H2,1-4H3,(H,17,18);1,3-10H2,2H3;/q;;+1/p-1. The fraction of sp³-hybridized carbons (Fsp3) is 1.00. The van der Waals surface area contributed by atoms with Crippen LogP contribution in [-0.4, -0.2) is 13.2 Å². The summed E-state index contributed by atoms with van der Waals surface area (Å²) in [5.41, 5.74) is 0. The van der Waals surface area contributed by atoms with Crippen molar-refractivity contribution in [3.05, 3.63) is 0 Å². The normalized spacial score (nSPS) is 14.9. The van der Waals surface area contributed by atoms with Crippen molar-refractivity contribution in [2.24, 2.45) is 11.8 Å². The van der Waals surface area contributed by atoms with E-state index in [2.05, 4.69) is 34.6 Å². The summed E-state index contributed by atoms with van der Waals surface area (Å²) in [6.07, 6.45) is 20.1. The van der Waals surface area contributed by atoms with Crippen LogP contribution in [0.2, 0.25) is 2.07 Å². The Labute approximate surface area is 228 Å². The van der Waals surface area contributed by atoms with E-state index in [1.54, 1.807) is 0 Å². The van der Waals surface area contributed by atoms with Gasteiger partial charge in [0.05, 0.1) is 13.2 Å². The summed E-state index contributed by atoms with van der Waals surface area (Å²) in [5, 5.41) is 0. The minimum atomic E-state index is -4.14. The molecule has 0 saturated carbocycles. The van der Waals surface area contributed by atoms with Crippen molar-refractivity contribution >= 4 is 7.82 Å². The number of rotatable bonds is 22. The maximum atomic E-state index is 11.8. The molecule has 0 saturated heterocycles. The van der Waals surface area contributed by atoms with Gasteiger partial charge in [-0.15, -0.1) is 0 Å². The van der Waals surface area contributed by atoms with Crippen LogP contribution in [0.15, 0.2) is 0 Å². The molecule has 4 nitrogen and oxygen atoms in total. The first kappa shape index (κ1) is 35.6. The molecule has 0 rings (SSSR count). The molecule has 0 N–H and O–H groups in total. The molecule has 6 heteroatoms. The summed E-state index contributed by atoms with van der Waals surface area (Å²) in [7, 11) is -4.14. The predicted molar refractivity (Wildman–Crippen MR) is 134 cm³/mol. The van der Waals surface area contributed by atoms with Gasteiger partial charge in [0.1, 0.15) is 0 Å². The Kier molecular flexibility index (Phi) is 30.1. The molecule has 2 unspecified atom stereocenters. The van der Waals surface area contributed by atoms with E-state index < -0.39 is 7.82 Å². The monoisotopic (exact) mass is 604 g/mol.